The van der Waals surface area contributed by atoms with Crippen LogP contribution in [0.4, 0.5) is 11.4 Å². The number of benzene rings is 3. The number of carboxylic acids is 1. The SMILES string of the molecule is CN(C)c1ccc(-c2ccc(CN3CCC(C(=O)Nc4cccc(/C=C/C(=O)O)c4)CC3=O)cc2)cc1. The summed E-state index contributed by atoms with van der Waals surface area (Å²) in [7, 11) is 4.03. The molecular weight excluding hydrogens is 466 g/mol. The van der Waals surface area contributed by atoms with Crippen molar-refractivity contribution in [3.63, 3.8) is 0 Å². The number of anilines is 2. The quantitative estimate of drug-likeness (QED) is 0.433. The molecule has 7 nitrogen and oxygen atoms in total. The first kappa shape index (κ1) is 25.7. The number of nitrogens with one attached hydrogen (secondary N) is 1. The van der Waals surface area contributed by atoms with E-state index in [1.54, 1.807) is 24.3 Å². The van der Waals surface area contributed by atoms with Gasteiger partial charge < -0.3 is 20.2 Å². The van der Waals surface area contributed by atoms with Crippen LogP contribution in [0.15, 0.2) is 78.9 Å². The van der Waals surface area contributed by atoms with Gasteiger partial charge in [0.25, 0.3) is 0 Å². The van der Waals surface area contributed by atoms with Crippen molar-refractivity contribution in [1.29, 1.82) is 0 Å². The Bertz CT molecular complexity index is 1300. The molecule has 1 aliphatic heterocycles. The molecule has 4 rings (SSSR count). The molecule has 37 heavy (non-hydrogen) atoms. The third-order valence-corrected chi connectivity index (χ3v) is 6.51. The number of carbonyl (C=O) groups excluding carboxylic acids is 2. The number of hydrogen-bond acceptors (Lipinski definition) is 4. The second-order valence-electron chi connectivity index (χ2n) is 9.43. The second-order valence-corrected chi connectivity index (χ2v) is 9.43. The lowest BCUT2D eigenvalue weighted by atomic mass is 9.94. The Hall–Kier alpha value is -4.39. The minimum Gasteiger partial charge on any atom is -0.478 e. The normalized spacial score (nSPS) is 15.6. The largest absolute Gasteiger partial charge is 0.478 e. The average molecular weight is 498 g/mol. The fraction of sp³-hybridized carbons (Fsp3) is 0.233. The summed E-state index contributed by atoms with van der Waals surface area (Å²) in [5.74, 6) is -1.66. The predicted molar refractivity (Wildman–Crippen MR) is 146 cm³/mol. The number of aliphatic carboxylic acids is 1. The standard InChI is InChI=1S/C30H31N3O4/c1-32(2)27-13-11-24(12-14-27)23-9-6-22(7-10-23)20-33-17-16-25(19-28(33)34)30(37)31-26-5-3-4-21(18-26)8-15-29(35)36/h3-15,18,25H,16-17,19-20H2,1-2H3,(H,31,37)(H,35,36)/b15-8+. The lowest BCUT2D eigenvalue weighted by molar-refractivity contribution is -0.139. The van der Waals surface area contributed by atoms with Crippen LogP contribution in [0.2, 0.25) is 0 Å². The van der Waals surface area contributed by atoms with Crippen molar-refractivity contribution in [2.24, 2.45) is 5.92 Å². The number of carbonyl (C=O) groups is 3. The maximum absolute atomic E-state index is 12.8. The molecule has 1 saturated heterocycles. The van der Waals surface area contributed by atoms with Crippen LogP contribution in [0.1, 0.15) is 24.0 Å². The number of nitrogens with zero attached hydrogens (tertiary/aromatic N) is 2. The van der Waals surface area contributed by atoms with Gasteiger partial charge in [-0.1, -0.05) is 48.5 Å². The highest BCUT2D eigenvalue weighted by atomic mass is 16.4. The number of hydrogen-bond donors (Lipinski definition) is 2. The van der Waals surface area contributed by atoms with E-state index in [2.05, 4.69) is 46.6 Å². The van der Waals surface area contributed by atoms with Crippen molar-refractivity contribution in [3.05, 3.63) is 90.0 Å². The second kappa shape index (κ2) is 11.6. The first-order valence-corrected chi connectivity index (χ1v) is 12.2. The predicted octanol–water partition coefficient (Wildman–Crippen LogP) is 4.89. The van der Waals surface area contributed by atoms with Gasteiger partial charge in [0, 0.05) is 57.0 Å². The fourth-order valence-electron chi connectivity index (χ4n) is 4.38. The van der Waals surface area contributed by atoms with Crippen LogP contribution < -0.4 is 10.2 Å². The van der Waals surface area contributed by atoms with Gasteiger partial charge in [-0.25, -0.2) is 4.79 Å². The van der Waals surface area contributed by atoms with Crippen LogP contribution in [0.3, 0.4) is 0 Å². The Morgan fingerprint density at radius 2 is 1.70 bits per heavy atom. The monoisotopic (exact) mass is 497 g/mol. The minimum absolute atomic E-state index is 0.0344. The third kappa shape index (κ3) is 6.85. The van der Waals surface area contributed by atoms with Gasteiger partial charge in [-0.15, -0.1) is 0 Å². The lowest BCUT2D eigenvalue weighted by Gasteiger charge is -2.31. The molecule has 2 N–H and O–H groups in total. The zero-order valence-electron chi connectivity index (χ0n) is 21.1. The van der Waals surface area contributed by atoms with Crippen molar-refractivity contribution in [2.45, 2.75) is 19.4 Å². The lowest BCUT2D eigenvalue weighted by Crippen LogP contribution is -2.41. The van der Waals surface area contributed by atoms with Crippen molar-refractivity contribution in [2.75, 3.05) is 30.9 Å². The van der Waals surface area contributed by atoms with Crippen molar-refractivity contribution in [3.8, 4) is 11.1 Å². The minimum atomic E-state index is -1.04. The van der Waals surface area contributed by atoms with Gasteiger partial charge in [-0.05, 0) is 59.0 Å². The van der Waals surface area contributed by atoms with Gasteiger partial charge in [0.1, 0.15) is 0 Å². The number of rotatable bonds is 8. The first-order chi connectivity index (χ1) is 17.8. The van der Waals surface area contributed by atoms with E-state index < -0.39 is 11.9 Å². The van der Waals surface area contributed by atoms with Gasteiger partial charge >= 0.3 is 5.97 Å². The number of piperidine rings is 1. The van der Waals surface area contributed by atoms with E-state index in [9.17, 15) is 14.4 Å². The summed E-state index contributed by atoms with van der Waals surface area (Å²) in [6.07, 6.45) is 3.27. The highest BCUT2D eigenvalue weighted by molar-refractivity contribution is 5.96. The van der Waals surface area contributed by atoms with E-state index in [0.29, 0.717) is 30.8 Å². The molecule has 2 amide bonds. The molecule has 0 aliphatic carbocycles. The topological polar surface area (TPSA) is 89.9 Å². The van der Waals surface area contributed by atoms with Gasteiger partial charge in [0.15, 0.2) is 0 Å². The first-order valence-electron chi connectivity index (χ1n) is 12.2. The summed E-state index contributed by atoms with van der Waals surface area (Å²) < 4.78 is 0. The van der Waals surface area contributed by atoms with Crippen LogP contribution in [0, 0.1) is 5.92 Å². The molecule has 1 aliphatic rings. The van der Waals surface area contributed by atoms with Crippen LogP contribution in [0.25, 0.3) is 17.2 Å². The zero-order valence-corrected chi connectivity index (χ0v) is 21.1. The van der Waals surface area contributed by atoms with E-state index >= 15 is 0 Å². The van der Waals surface area contributed by atoms with Gasteiger partial charge in [0.05, 0.1) is 0 Å². The third-order valence-electron chi connectivity index (χ3n) is 6.51. The molecular formula is C30H31N3O4. The molecule has 0 bridgehead atoms. The number of carboxylic acid groups (broad SMARTS) is 1. The summed E-state index contributed by atoms with van der Waals surface area (Å²) in [4.78, 5) is 40.2. The highest BCUT2D eigenvalue weighted by Crippen LogP contribution is 2.25. The van der Waals surface area contributed by atoms with E-state index in [-0.39, 0.29) is 18.2 Å². The summed E-state index contributed by atoms with van der Waals surface area (Å²) in [6, 6.07) is 23.6. The Morgan fingerprint density at radius 1 is 1.03 bits per heavy atom. The molecule has 0 aromatic heterocycles. The maximum atomic E-state index is 12.8. The summed E-state index contributed by atoms with van der Waals surface area (Å²) in [6.45, 7) is 1.04. The molecule has 3 aromatic carbocycles. The van der Waals surface area contributed by atoms with Crippen molar-refractivity contribution < 1.29 is 19.5 Å². The maximum Gasteiger partial charge on any atom is 0.328 e. The average Bonchev–Trinajstić information content (AvgIpc) is 2.89. The highest BCUT2D eigenvalue weighted by Gasteiger charge is 2.30. The van der Waals surface area contributed by atoms with Crippen LogP contribution in [-0.2, 0) is 20.9 Å². The molecule has 1 heterocycles. The summed E-state index contributed by atoms with van der Waals surface area (Å²) in [5.41, 5.74) is 5.71. The summed E-state index contributed by atoms with van der Waals surface area (Å²) >= 11 is 0. The Labute approximate surface area is 217 Å². The molecule has 1 atom stereocenters. The van der Waals surface area contributed by atoms with E-state index in [0.717, 1.165) is 28.5 Å². The number of amides is 2. The molecule has 0 spiro atoms. The Balaban J connectivity index is 1.31. The molecule has 190 valence electrons. The zero-order chi connectivity index (χ0) is 26.4. The van der Waals surface area contributed by atoms with Crippen molar-refractivity contribution >= 4 is 35.2 Å². The molecule has 1 fully saturated rings. The van der Waals surface area contributed by atoms with Gasteiger partial charge in [-0.2, -0.15) is 0 Å². The summed E-state index contributed by atoms with van der Waals surface area (Å²) in [5, 5.41) is 11.7. The Kier molecular flexibility index (Phi) is 8.03. The molecule has 3 aromatic rings. The Morgan fingerprint density at radius 3 is 2.32 bits per heavy atom. The van der Waals surface area contributed by atoms with E-state index in [4.69, 9.17) is 5.11 Å². The fourth-order valence-corrected chi connectivity index (χ4v) is 4.38. The molecule has 0 radical (unpaired) electrons. The van der Waals surface area contributed by atoms with E-state index in [1.165, 1.54) is 6.08 Å². The number of likely N-dealkylation sites (tertiary alicyclic amines) is 1. The van der Waals surface area contributed by atoms with Crippen LogP contribution >= 0.6 is 0 Å². The van der Waals surface area contributed by atoms with Crippen LogP contribution in [0.5, 0.6) is 0 Å². The molecule has 7 heteroatoms. The van der Waals surface area contributed by atoms with Gasteiger partial charge in [0.2, 0.25) is 11.8 Å². The smallest absolute Gasteiger partial charge is 0.328 e. The van der Waals surface area contributed by atoms with Gasteiger partial charge in [-0.3, -0.25) is 9.59 Å². The molecule has 0 saturated carbocycles. The molecule has 1 unspecified atom stereocenters. The van der Waals surface area contributed by atoms with Crippen LogP contribution in [-0.4, -0.2) is 48.4 Å². The van der Waals surface area contributed by atoms with Crippen molar-refractivity contribution in [1.82, 2.24) is 4.90 Å². The van der Waals surface area contributed by atoms with E-state index in [1.807, 2.05) is 31.1 Å².